The molecule has 0 radical (unpaired) electrons. The number of carbonyl (C=O) groups excluding carboxylic acids is 3. The lowest BCUT2D eigenvalue weighted by Crippen LogP contribution is -2.48. The summed E-state index contributed by atoms with van der Waals surface area (Å²) in [6.07, 6.45) is 5.92. The molecule has 31 heavy (non-hydrogen) atoms. The van der Waals surface area contributed by atoms with Gasteiger partial charge in [0.1, 0.15) is 5.82 Å². The van der Waals surface area contributed by atoms with Crippen LogP contribution in [0.2, 0.25) is 0 Å². The van der Waals surface area contributed by atoms with E-state index in [2.05, 4.69) is 16.0 Å². The number of likely N-dealkylation sites (tertiary alicyclic amines) is 1. The number of halogens is 1. The maximum atomic E-state index is 13.6. The van der Waals surface area contributed by atoms with E-state index in [1.165, 1.54) is 18.9 Å². The summed E-state index contributed by atoms with van der Waals surface area (Å²) in [4.78, 5) is 38.4. The molecule has 1 aromatic carbocycles. The minimum atomic E-state index is -0.304. The van der Waals surface area contributed by atoms with Gasteiger partial charge >= 0.3 is 6.03 Å². The Morgan fingerprint density at radius 2 is 1.74 bits per heavy atom. The first-order valence-electron chi connectivity index (χ1n) is 11.2. The number of nitrogens with one attached hydrogen (secondary N) is 3. The number of hydrogen-bond acceptors (Lipinski definition) is 3. The third-order valence-corrected chi connectivity index (χ3v) is 6.35. The Balaban J connectivity index is 1.32. The monoisotopic (exact) mass is 432 g/mol. The average molecular weight is 433 g/mol. The highest BCUT2D eigenvalue weighted by atomic mass is 19.1. The molecule has 1 saturated heterocycles. The molecule has 1 saturated carbocycles. The average Bonchev–Trinajstić information content (AvgIpc) is 3.30. The summed E-state index contributed by atoms with van der Waals surface area (Å²) < 4.78 is 13.6. The molecule has 3 N–H and O–H groups in total. The SMILES string of the molecule is Cc1ccc(CNC(=O)C2CCN(C(=O)CNC(=O)NCC3CCCC3)CC2)cc1F. The summed E-state index contributed by atoms with van der Waals surface area (Å²) in [5.74, 6) is -0.0967. The summed E-state index contributed by atoms with van der Waals surface area (Å²) >= 11 is 0. The zero-order chi connectivity index (χ0) is 22.2. The van der Waals surface area contributed by atoms with Gasteiger partial charge in [0.25, 0.3) is 0 Å². The second kappa shape index (κ2) is 11.1. The topological polar surface area (TPSA) is 90.5 Å². The molecule has 1 heterocycles. The number of hydrogen-bond donors (Lipinski definition) is 3. The van der Waals surface area contributed by atoms with Crippen molar-refractivity contribution in [1.29, 1.82) is 0 Å². The van der Waals surface area contributed by atoms with E-state index in [1.54, 1.807) is 24.0 Å². The van der Waals surface area contributed by atoms with Crippen LogP contribution in [0.4, 0.5) is 9.18 Å². The van der Waals surface area contributed by atoms with E-state index >= 15 is 0 Å². The molecule has 1 aliphatic carbocycles. The van der Waals surface area contributed by atoms with Gasteiger partial charge in [-0.15, -0.1) is 0 Å². The molecule has 0 unspecified atom stereocenters. The van der Waals surface area contributed by atoms with Crippen LogP contribution >= 0.6 is 0 Å². The van der Waals surface area contributed by atoms with Crippen molar-refractivity contribution in [2.24, 2.45) is 11.8 Å². The number of aryl methyl sites for hydroxylation is 1. The van der Waals surface area contributed by atoms with Gasteiger partial charge in [0.15, 0.2) is 0 Å². The van der Waals surface area contributed by atoms with Gasteiger partial charge in [0.2, 0.25) is 11.8 Å². The van der Waals surface area contributed by atoms with E-state index in [1.807, 2.05) is 0 Å². The number of amides is 4. The Labute approximate surface area is 183 Å². The van der Waals surface area contributed by atoms with Crippen molar-refractivity contribution in [2.75, 3.05) is 26.2 Å². The molecule has 4 amide bonds. The summed E-state index contributed by atoms with van der Waals surface area (Å²) in [5, 5.41) is 8.34. The molecule has 2 fully saturated rings. The van der Waals surface area contributed by atoms with E-state index in [-0.39, 0.29) is 42.7 Å². The molecule has 7 nitrogen and oxygen atoms in total. The second-order valence-electron chi connectivity index (χ2n) is 8.67. The van der Waals surface area contributed by atoms with Crippen LogP contribution in [0, 0.1) is 24.6 Å². The molecule has 0 spiro atoms. The molecule has 0 aromatic heterocycles. The highest BCUT2D eigenvalue weighted by Crippen LogP contribution is 2.23. The predicted octanol–water partition coefficient (Wildman–Crippen LogP) is 2.48. The summed E-state index contributed by atoms with van der Waals surface area (Å²) in [6, 6.07) is 4.64. The van der Waals surface area contributed by atoms with E-state index in [0.29, 0.717) is 44.0 Å². The molecule has 0 atom stereocenters. The van der Waals surface area contributed by atoms with Gasteiger partial charge in [-0.2, -0.15) is 0 Å². The first kappa shape index (κ1) is 23.0. The van der Waals surface area contributed by atoms with Crippen molar-refractivity contribution in [2.45, 2.75) is 52.0 Å². The lowest BCUT2D eigenvalue weighted by molar-refractivity contribution is -0.134. The van der Waals surface area contributed by atoms with E-state index in [0.717, 1.165) is 18.4 Å². The first-order chi connectivity index (χ1) is 14.9. The molecule has 8 heteroatoms. The van der Waals surface area contributed by atoms with Crippen molar-refractivity contribution >= 4 is 17.8 Å². The highest BCUT2D eigenvalue weighted by molar-refractivity contribution is 5.84. The number of urea groups is 1. The number of piperidine rings is 1. The van der Waals surface area contributed by atoms with Crippen LogP contribution in [0.1, 0.15) is 49.7 Å². The standard InChI is InChI=1S/C23H33FN4O3/c1-16-6-7-18(12-20(16)24)14-25-22(30)19-8-10-28(11-9-19)21(29)15-27-23(31)26-13-17-4-2-3-5-17/h6-7,12,17,19H,2-5,8-11,13-15H2,1H3,(H,25,30)(H2,26,27,31). The second-order valence-corrected chi connectivity index (χ2v) is 8.67. The normalized spacial score (nSPS) is 17.4. The van der Waals surface area contributed by atoms with Crippen molar-refractivity contribution in [3.8, 4) is 0 Å². The van der Waals surface area contributed by atoms with E-state index in [4.69, 9.17) is 0 Å². The number of nitrogens with zero attached hydrogens (tertiary/aromatic N) is 1. The largest absolute Gasteiger partial charge is 0.352 e. The Morgan fingerprint density at radius 1 is 1.03 bits per heavy atom. The maximum absolute atomic E-state index is 13.6. The highest BCUT2D eigenvalue weighted by Gasteiger charge is 2.27. The van der Waals surface area contributed by atoms with Crippen LogP contribution in [0.25, 0.3) is 0 Å². The molecule has 0 bridgehead atoms. The maximum Gasteiger partial charge on any atom is 0.315 e. The molecule has 3 rings (SSSR count). The van der Waals surface area contributed by atoms with Crippen molar-refractivity contribution < 1.29 is 18.8 Å². The van der Waals surface area contributed by atoms with Crippen LogP contribution in [0.15, 0.2) is 18.2 Å². The quantitative estimate of drug-likeness (QED) is 0.618. The summed E-state index contributed by atoms with van der Waals surface area (Å²) in [7, 11) is 0. The van der Waals surface area contributed by atoms with Gasteiger partial charge < -0.3 is 20.9 Å². The van der Waals surface area contributed by atoms with Crippen LogP contribution in [-0.4, -0.2) is 48.9 Å². The van der Waals surface area contributed by atoms with Gasteiger partial charge in [-0.3, -0.25) is 9.59 Å². The first-order valence-corrected chi connectivity index (χ1v) is 11.2. The molecule has 1 aromatic rings. The van der Waals surface area contributed by atoms with Crippen LogP contribution in [0.5, 0.6) is 0 Å². The molecule has 1 aliphatic heterocycles. The van der Waals surface area contributed by atoms with Crippen LogP contribution < -0.4 is 16.0 Å². The van der Waals surface area contributed by atoms with Gasteiger partial charge in [0.05, 0.1) is 6.54 Å². The van der Waals surface area contributed by atoms with E-state index in [9.17, 15) is 18.8 Å². The number of rotatable bonds is 7. The molecular weight excluding hydrogens is 399 g/mol. The smallest absolute Gasteiger partial charge is 0.315 e. The van der Waals surface area contributed by atoms with Crippen molar-refractivity contribution in [1.82, 2.24) is 20.9 Å². The summed E-state index contributed by atoms with van der Waals surface area (Å²) in [5.41, 5.74) is 1.30. The lowest BCUT2D eigenvalue weighted by Gasteiger charge is -2.31. The molecule has 2 aliphatic rings. The number of carbonyl (C=O) groups is 3. The Morgan fingerprint density at radius 3 is 2.42 bits per heavy atom. The van der Waals surface area contributed by atoms with E-state index < -0.39 is 0 Å². The van der Waals surface area contributed by atoms with Crippen LogP contribution in [0.3, 0.4) is 0 Å². The van der Waals surface area contributed by atoms with Crippen molar-refractivity contribution in [3.63, 3.8) is 0 Å². The summed E-state index contributed by atoms with van der Waals surface area (Å²) in [6.45, 7) is 3.59. The van der Waals surface area contributed by atoms with Gasteiger partial charge in [-0.05, 0) is 55.7 Å². The van der Waals surface area contributed by atoms with Crippen molar-refractivity contribution in [3.05, 3.63) is 35.1 Å². The zero-order valence-corrected chi connectivity index (χ0v) is 18.2. The van der Waals surface area contributed by atoms with Gasteiger partial charge in [-0.1, -0.05) is 25.0 Å². The molecular formula is C23H33FN4O3. The minimum absolute atomic E-state index is 0.0354. The Hall–Kier alpha value is -2.64. The van der Waals surface area contributed by atoms with Gasteiger partial charge in [-0.25, -0.2) is 9.18 Å². The fourth-order valence-corrected chi connectivity index (χ4v) is 4.25. The fourth-order valence-electron chi connectivity index (χ4n) is 4.25. The lowest BCUT2D eigenvalue weighted by atomic mass is 9.95. The third-order valence-electron chi connectivity index (χ3n) is 6.35. The third kappa shape index (κ3) is 6.94. The Bertz CT molecular complexity index is 787. The zero-order valence-electron chi connectivity index (χ0n) is 18.2. The number of benzene rings is 1. The minimum Gasteiger partial charge on any atom is -0.352 e. The fraction of sp³-hybridized carbons (Fsp3) is 0.609. The predicted molar refractivity (Wildman–Crippen MR) is 116 cm³/mol. The molecule has 170 valence electrons. The Kier molecular flexibility index (Phi) is 8.26. The van der Waals surface area contributed by atoms with Gasteiger partial charge in [0, 0.05) is 32.1 Å². The van der Waals surface area contributed by atoms with Crippen LogP contribution in [-0.2, 0) is 16.1 Å².